The standard InChI is InChI=1S/C25H24N4O3/c30-24(28-16-20-10-6-7-13-26-20)23(14-19-15-27-22-12-5-4-11-21(19)22)29-25(31)32-17-18-8-2-1-3-9-18/h1-13,15,23,27H,14,16-17H2,(H,28,30)(H,29,31)/t23-/m1/s1. The summed E-state index contributed by atoms with van der Waals surface area (Å²) >= 11 is 0. The van der Waals surface area contributed by atoms with Crippen molar-refractivity contribution in [3.8, 4) is 0 Å². The van der Waals surface area contributed by atoms with Gasteiger partial charge in [-0.1, -0.05) is 54.6 Å². The van der Waals surface area contributed by atoms with Crippen LogP contribution < -0.4 is 10.6 Å². The second-order valence-corrected chi connectivity index (χ2v) is 7.36. The smallest absolute Gasteiger partial charge is 0.408 e. The molecule has 2 heterocycles. The van der Waals surface area contributed by atoms with Gasteiger partial charge in [0.05, 0.1) is 12.2 Å². The number of hydrogen-bond donors (Lipinski definition) is 3. The Morgan fingerprint density at radius 1 is 0.969 bits per heavy atom. The van der Waals surface area contributed by atoms with Gasteiger partial charge in [0.2, 0.25) is 5.91 Å². The Kier molecular flexibility index (Phi) is 6.77. The van der Waals surface area contributed by atoms with Gasteiger partial charge < -0.3 is 20.4 Å². The quantitative estimate of drug-likeness (QED) is 0.399. The number of para-hydroxylation sites is 1. The highest BCUT2D eigenvalue weighted by molar-refractivity contribution is 5.88. The van der Waals surface area contributed by atoms with E-state index in [0.717, 1.165) is 27.7 Å². The number of nitrogens with one attached hydrogen (secondary N) is 3. The van der Waals surface area contributed by atoms with Crippen molar-refractivity contribution in [2.45, 2.75) is 25.6 Å². The van der Waals surface area contributed by atoms with Crippen LogP contribution >= 0.6 is 0 Å². The highest BCUT2D eigenvalue weighted by Crippen LogP contribution is 2.19. The highest BCUT2D eigenvalue weighted by Gasteiger charge is 2.23. The summed E-state index contributed by atoms with van der Waals surface area (Å²) < 4.78 is 5.33. The van der Waals surface area contributed by atoms with Gasteiger partial charge in [-0.05, 0) is 29.3 Å². The molecule has 7 heteroatoms. The third kappa shape index (κ3) is 5.51. The lowest BCUT2D eigenvalue weighted by Crippen LogP contribution is -2.48. The number of hydrogen-bond acceptors (Lipinski definition) is 4. The number of amides is 2. The van der Waals surface area contributed by atoms with Crippen molar-refractivity contribution in [1.82, 2.24) is 20.6 Å². The summed E-state index contributed by atoms with van der Waals surface area (Å²) in [4.78, 5) is 32.9. The van der Waals surface area contributed by atoms with Crippen molar-refractivity contribution < 1.29 is 14.3 Å². The largest absolute Gasteiger partial charge is 0.445 e. The van der Waals surface area contributed by atoms with E-state index in [4.69, 9.17) is 4.74 Å². The number of fused-ring (bicyclic) bond motifs is 1. The predicted octanol–water partition coefficient (Wildman–Crippen LogP) is 3.72. The topological polar surface area (TPSA) is 96.1 Å². The highest BCUT2D eigenvalue weighted by atomic mass is 16.5. The number of rotatable bonds is 8. The van der Waals surface area contributed by atoms with Crippen LogP contribution in [0.15, 0.2) is 85.2 Å². The SMILES string of the molecule is O=C(N[C@H](Cc1c[nH]c2ccccc12)C(=O)NCc1ccccn1)OCc1ccccc1. The molecule has 2 aromatic heterocycles. The number of carbonyl (C=O) groups excluding carboxylic acids is 2. The van der Waals surface area contributed by atoms with E-state index >= 15 is 0 Å². The molecule has 0 saturated heterocycles. The average Bonchev–Trinajstić information content (AvgIpc) is 3.25. The molecule has 4 rings (SSSR count). The molecule has 7 nitrogen and oxygen atoms in total. The van der Waals surface area contributed by atoms with Crippen LogP contribution in [0.25, 0.3) is 10.9 Å². The first kappa shape index (κ1) is 21.1. The molecule has 0 radical (unpaired) electrons. The van der Waals surface area contributed by atoms with Gasteiger partial charge in [-0.15, -0.1) is 0 Å². The normalized spacial score (nSPS) is 11.6. The van der Waals surface area contributed by atoms with Crippen LogP contribution in [0.1, 0.15) is 16.8 Å². The van der Waals surface area contributed by atoms with Crippen LogP contribution in [-0.2, 0) is 29.1 Å². The summed E-state index contributed by atoms with van der Waals surface area (Å²) in [7, 11) is 0. The molecule has 3 N–H and O–H groups in total. The molecule has 32 heavy (non-hydrogen) atoms. The minimum atomic E-state index is -0.804. The summed E-state index contributed by atoms with van der Waals surface area (Å²) in [6, 6.07) is 21.9. The van der Waals surface area contributed by atoms with Gasteiger partial charge in [-0.3, -0.25) is 9.78 Å². The maximum atomic E-state index is 13.0. The summed E-state index contributed by atoms with van der Waals surface area (Å²) in [6.45, 7) is 0.396. The number of aromatic amines is 1. The zero-order valence-electron chi connectivity index (χ0n) is 17.5. The maximum absolute atomic E-state index is 13.0. The lowest BCUT2D eigenvalue weighted by Gasteiger charge is -2.18. The van der Waals surface area contributed by atoms with E-state index in [1.807, 2.05) is 79.0 Å². The molecule has 0 aliphatic carbocycles. The fourth-order valence-corrected chi connectivity index (χ4v) is 3.44. The van der Waals surface area contributed by atoms with E-state index in [0.29, 0.717) is 6.42 Å². The van der Waals surface area contributed by atoms with E-state index in [2.05, 4.69) is 20.6 Å². The monoisotopic (exact) mass is 428 g/mol. The molecule has 0 saturated carbocycles. The van der Waals surface area contributed by atoms with Gasteiger partial charge in [0, 0.05) is 29.7 Å². The zero-order valence-corrected chi connectivity index (χ0v) is 17.5. The molecule has 0 spiro atoms. The van der Waals surface area contributed by atoms with Crippen molar-refractivity contribution in [2.24, 2.45) is 0 Å². The van der Waals surface area contributed by atoms with Crippen LogP contribution in [0.5, 0.6) is 0 Å². The van der Waals surface area contributed by atoms with Crippen molar-refractivity contribution in [1.29, 1.82) is 0 Å². The molecule has 0 bridgehead atoms. The molecule has 0 unspecified atom stereocenters. The maximum Gasteiger partial charge on any atom is 0.408 e. The number of nitrogens with zero attached hydrogens (tertiary/aromatic N) is 1. The van der Waals surface area contributed by atoms with Crippen molar-refractivity contribution in [2.75, 3.05) is 0 Å². The van der Waals surface area contributed by atoms with E-state index in [1.54, 1.807) is 6.20 Å². The summed E-state index contributed by atoms with van der Waals surface area (Å²) in [5.74, 6) is -0.308. The van der Waals surface area contributed by atoms with E-state index in [-0.39, 0.29) is 19.1 Å². The molecule has 0 aliphatic rings. The van der Waals surface area contributed by atoms with Gasteiger partial charge in [-0.2, -0.15) is 0 Å². The van der Waals surface area contributed by atoms with Crippen LogP contribution in [0.2, 0.25) is 0 Å². The van der Waals surface area contributed by atoms with Crippen molar-refractivity contribution >= 4 is 22.9 Å². The number of benzene rings is 2. The third-order valence-corrected chi connectivity index (χ3v) is 5.09. The first-order valence-corrected chi connectivity index (χ1v) is 10.4. The Labute approximate surface area is 185 Å². The lowest BCUT2D eigenvalue weighted by molar-refractivity contribution is -0.123. The Morgan fingerprint density at radius 2 is 1.75 bits per heavy atom. The Bertz CT molecular complexity index is 1180. The molecular weight excluding hydrogens is 404 g/mol. The van der Waals surface area contributed by atoms with Crippen LogP contribution in [0, 0.1) is 0 Å². The average molecular weight is 428 g/mol. The van der Waals surface area contributed by atoms with Crippen LogP contribution in [0.3, 0.4) is 0 Å². The number of H-pyrrole nitrogens is 1. The summed E-state index contributed by atoms with van der Waals surface area (Å²) in [5, 5.41) is 6.58. The first-order valence-electron chi connectivity index (χ1n) is 10.4. The van der Waals surface area contributed by atoms with Gasteiger partial charge in [0.25, 0.3) is 0 Å². The van der Waals surface area contributed by atoms with E-state index in [1.165, 1.54) is 0 Å². The van der Waals surface area contributed by atoms with Gasteiger partial charge in [0.15, 0.2) is 0 Å². The molecular formula is C25H24N4O3. The molecule has 1 atom stereocenters. The summed E-state index contributed by atoms with van der Waals surface area (Å²) in [6.07, 6.45) is 3.20. The molecule has 4 aromatic rings. The molecule has 0 fully saturated rings. The molecule has 2 aromatic carbocycles. The number of alkyl carbamates (subject to hydrolysis) is 1. The fraction of sp³-hybridized carbons (Fsp3) is 0.160. The third-order valence-electron chi connectivity index (χ3n) is 5.09. The molecule has 162 valence electrons. The number of carbonyl (C=O) groups is 2. The molecule has 2 amide bonds. The fourth-order valence-electron chi connectivity index (χ4n) is 3.44. The predicted molar refractivity (Wildman–Crippen MR) is 122 cm³/mol. The van der Waals surface area contributed by atoms with E-state index in [9.17, 15) is 9.59 Å². The van der Waals surface area contributed by atoms with E-state index < -0.39 is 12.1 Å². The Balaban J connectivity index is 1.45. The minimum absolute atomic E-state index is 0.127. The van der Waals surface area contributed by atoms with Gasteiger partial charge in [0.1, 0.15) is 12.6 Å². The lowest BCUT2D eigenvalue weighted by atomic mass is 10.0. The Morgan fingerprint density at radius 3 is 2.56 bits per heavy atom. The Hall–Kier alpha value is -4.13. The van der Waals surface area contributed by atoms with Gasteiger partial charge in [-0.25, -0.2) is 4.79 Å². The van der Waals surface area contributed by atoms with Gasteiger partial charge >= 0.3 is 6.09 Å². The number of aromatic nitrogens is 2. The minimum Gasteiger partial charge on any atom is -0.445 e. The number of pyridine rings is 1. The number of ether oxygens (including phenoxy) is 1. The van der Waals surface area contributed by atoms with Crippen LogP contribution in [-0.4, -0.2) is 28.0 Å². The first-order chi connectivity index (χ1) is 15.7. The van der Waals surface area contributed by atoms with Crippen molar-refractivity contribution in [3.05, 3.63) is 102 Å². The zero-order chi connectivity index (χ0) is 22.2. The molecule has 0 aliphatic heterocycles. The van der Waals surface area contributed by atoms with Crippen molar-refractivity contribution in [3.63, 3.8) is 0 Å². The second kappa shape index (κ2) is 10.3. The second-order valence-electron chi connectivity index (χ2n) is 7.36. The van der Waals surface area contributed by atoms with Crippen LogP contribution in [0.4, 0.5) is 4.79 Å². The summed E-state index contributed by atoms with van der Waals surface area (Å²) in [5.41, 5.74) is 3.51.